The Hall–Kier alpha value is -0.830. The molecule has 0 aliphatic carbocycles. The molecule has 3 heteroatoms. The average molecular weight is 181 g/mol. The van der Waals surface area contributed by atoms with E-state index in [1.165, 1.54) is 12.1 Å². The van der Waals surface area contributed by atoms with Crippen LogP contribution in [0.1, 0.15) is 30.6 Å². The molecule has 1 aromatic rings. The minimum absolute atomic E-state index is 0.874. The Morgan fingerprint density at radius 2 is 2.08 bits per heavy atom. The van der Waals surface area contributed by atoms with Crippen molar-refractivity contribution in [2.75, 3.05) is 6.54 Å². The molecule has 0 spiro atoms. The summed E-state index contributed by atoms with van der Waals surface area (Å²) in [5.74, 6) is 1.13. The normalized spacial score (nSPS) is 10.8. The van der Waals surface area contributed by atoms with Gasteiger partial charge < -0.3 is 9.88 Å². The summed E-state index contributed by atoms with van der Waals surface area (Å²) in [7, 11) is 2.07. The lowest BCUT2D eigenvalue weighted by Gasteiger charge is -2.03. The predicted molar refractivity (Wildman–Crippen MR) is 54.7 cm³/mol. The van der Waals surface area contributed by atoms with E-state index in [9.17, 15) is 0 Å². The molecule has 0 fully saturated rings. The minimum Gasteiger partial charge on any atom is -0.334 e. The summed E-state index contributed by atoms with van der Waals surface area (Å²) in [4.78, 5) is 4.48. The molecule has 0 aromatic carbocycles. The number of nitrogens with one attached hydrogen (secondary N) is 1. The summed E-state index contributed by atoms with van der Waals surface area (Å²) >= 11 is 0. The molecule has 13 heavy (non-hydrogen) atoms. The molecule has 0 radical (unpaired) electrons. The molecule has 0 unspecified atom stereocenters. The Bertz CT molecular complexity index is 276. The third kappa shape index (κ3) is 2.31. The van der Waals surface area contributed by atoms with Crippen molar-refractivity contribution in [2.24, 2.45) is 7.05 Å². The molecular formula is C10H19N3. The molecule has 1 rings (SSSR count). The molecule has 1 heterocycles. The van der Waals surface area contributed by atoms with Crippen LogP contribution < -0.4 is 5.32 Å². The van der Waals surface area contributed by atoms with Crippen LogP contribution in [0.5, 0.6) is 0 Å². The first-order valence-corrected chi connectivity index (χ1v) is 4.86. The van der Waals surface area contributed by atoms with E-state index >= 15 is 0 Å². The largest absolute Gasteiger partial charge is 0.334 e. The van der Waals surface area contributed by atoms with Crippen LogP contribution in [0.15, 0.2) is 0 Å². The van der Waals surface area contributed by atoms with Crippen molar-refractivity contribution in [1.29, 1.82) is 0 Å². The first-order chi connectivity index (χ1) is 6.16. The lowest BCUT2D eigenvalue weighted by Crippen LogP contribution is -2.16. The molecular weight excluding hydrogens is 162 g/mol. The Labute approximate surface area is 80.2 Å². The van der Waals surface area contributed by atoms with E-state index in [-0.39, 0.29) is 0 Å². The first kappa shape index (κ1) is 10.3. The van der Waals surface area contributed by atoms with Gasteiger partial charge >= 0.3 is 0 Å². The number of aryl methyl sites for hydroxylation is 1. The van der Waals surface area contributed by atoms with Gasteiger partial charge in [0, 0.05) is 12.7 Å². The molecule has 3 nitrogen and oxygen atoms in total. The van der Waals surface area contributed by atoms with Crippen molar-refractivity contribution in [2.45, 2.75) is 33.7 Å². The summed E-state index contributed by atoms with van der Waals surface area (Å²) in [6.07, 6.45) is 1.17. The monoisotopic (exact) mass is 181 g/mol. The van der Waals surface area contributed by atoms with Crippen molar-refractivity contribution < 1.29 is 0 Å². The van der Waals surface area contributed by atoms with Crippen molar-refractivity contribution in [3.63, 3.8) is 0 Å². The van der Waals surface area contributed by atoms with Crippen molar-refractivity contribution >= 4 is 0 Å². The van der Waals surface area contributed by atoms with E-state index in [0.29, 0.717) is 0 Å². The topological polar surface area (TPSA) is 29.9 Å². The van der Waals surface area contributed by atoms with Crippen LogP contribution in [0, 0.1) is 13.8 Å². The molecule has 0 saturated carbocycles. The van der Waals surface area contributed by atoms with Gasteiger partial charge in [-0.1, -0.05) is 6.92 Å². The molecule has 0 aliphatic rings. The standard InChI is InChI=1S/C10H19N3/c1-5-6-11-7-10-12-8(2)9(3)13(10)4/h11H,5-7H2,1-4H3. The van der Waals surface area contributed by atoms with Crippen molar-refractivity contribution in [3.8, 4) is 0 Å². The molecule has 0 aliphatic heterocycles. The fourth-order valence-corrected chi connectivity index (χ4v) is 1.32. The van der Waals surface area contributed by atoms with Gasteiger partial charge in [-0.15, -0.1) is 0 Å². The maximum Gasteiger partial charge on any atom is 0.122 e. The number of hydrogen-bond acceptors (Lipinski definition) is 2. The van der Waals surface area contributed by atoms with Gasteiger partial charge in [-0.2, -0.15) is 0 Å². The number of hydrogen-bond donors (Lipinski definition) is 1. The highest BCUT2D eigenvalue weighted by atomic mass is 15.1. The third-order valence-electron chi connectivity index (χ3n) is 2.42. The molecule has 0 atom stereocenters. The third-order valence-corrected chi connectivity index (χ3v) is 2.42. The highest BCUT2D eigenvalue weighted by molar-refractivity contribution is 5.13. The Balaban J connectivity index is 2.61. The number of aromatic nitrogens is 2. The second-order valence-electron chi connectivity index (χ2n) is 3.43. The van der Waals surface area contributed by atoms with Crippen LogP contribution in [-0.4, -0.2) is 16.1 Å². The van der Waals surface area contributed by atoms with Crippen LogP contribution in [0.3, 0.4) is 0 Å². The maximum atomic E-state index is 4.48. The minimum atomic E-state index is 0.874. The summed E-state index contributed by atoms with van der Waals surface area (Å²) in [5.41, 5.74) is 2.39. The fraction of sp³-hybridized carbons (Fsp3) is 0.700. The smallest absolute Gasteiger partial charge is 0.122 e. The van der Waals surface area contributed by atoms with E-state index in [1.807, 2.05) is 0 Å². The van der Waals surface area contributed by atoms with E-state index < -0.39 is 0 Å². The van der Waals surface area contributed by atoms with Gasteiger partial charge in [0.25, 0.3) is 0 Å². The van der Waals surface area contributed by atoms with Gasteiger partial charge in [-0.3, -0.25) is 0 Å². The summed E-state index contributed by atoms with van der Waals surface area (Å²) in [6.45, 7) is 8.26. The quantitative estimate of drug-likeness (QED) is 0.714. The number of rotatable bonds is 4. The van der Waals surface area contributed by atoms with Crippen LogP contribution in [-0.2, 0) is 13.6 Å². The zero-order valence-corrected chi connectivity index (χ0v) is 9.02. The Kier molecular flexibility index (Phi) is 3.48. The van der Waals surface area contributed by atoms with Gasteiger partial charge in [0.15, 0.2) is 0 Å². The molecule has 0 bridgehead atoms. The number of nitrogens with zero attached hydrogens (tertiary/aromatic N) is 2. The highest BCUT2D eigenvalue weighted by Gasteiger charge is 2.05. The molecule has 1 aromatic heterocycles. The van der Waals surface area contributed by atoms with E-state index in [1.54, 1.807) is 0 Å². The van der Waals surface area contributed by atoms with Crippen LogP contribution in [0.2, 0.25) is 0 Å². The van der Waals surface area contributed by atoms with E-state index in [2.05, 4.69) is 42.7 Å². The zero-order valence-electron chi connectivity index (χ0n) is 9.02. The van der Waals surface area contributed by atoms with Gasteiger partial charge in [0.05, 0.1) is 12.2 Å². The van der Waals surface area contributed by atoms with Crippen LogP contribution in [0.25, 0.3) is 0 Å². The molecule has 0 amide bonds. The maximum absolute atomic E-state index is 4.48. The fourth-order valence-electron chi connectivity index (χ4n) is 1.32. The second kappa shape index (κ2) is 4.42. The highest BCUT2D eigenvalue weighted by Crippen LogP contribution is 2.06. The van der Waals surface area contributed by atoms with Crippen LogP contribution in [0.4, 0.5) is 0 Å². The Morgan fingerprint density at radius 1 is 1.38 bits per heavy atom. The van der Waals surface area contributed by atoms with E-state index in [0.717, 1.165) is 24.6 Å². The van der Waals surface area contributed by atoms with Crippen LogP contribution >= 0.6 is 0 Å². The van der Waals surface area contributed by atoms with Gasteiger partial charge in [0.2, 0.25) is 0 Å². The zero-order chi connectivity index (χ0) is 9.84. The summed E-state index contributed by atoms with van der Waals surface area (Å²) in [6, 6.07) is 0. The summed E-state index contributed by atoms with van der Waals surface area (Å²) < 4.78 is 2.15. The Morgan fingerprint density at radius 3 is 2.54 bits per heavy atom. The number of imidazole rings is 1. The lowest BCUT2D eigenvalue weighted by atomic mass is 10.4. The SMILES string of the molecule is CCCNCc1nc(C)c(C)n1C. The molecule has 0 saturated heterocycles. The van der Waals surface area contributed by atoms with E-state index in [4.69, 9.17) is 0 Å². The van der Waals surface area contributed by atoms with Gasteiger partial charge in [0.1, 0.15) is 5.82 Å². The molecule has 74 valence electrons. The average Bonchev–Trinajstić information content (AvgIpc) is 2.34. The first-order valence-electron chi connectivity index (χ1n) is 4.86. The van der Waals surface area contributed by atoms with Gasteiger partial charge in [-0.25, -0.2) is 4.98 Å². The summed E-state index contributed by atoms with van der Waals surface area (Å²) in [5, 5.41) is 3.35. The predicted octanol–water partition coefficient (Wildman–Crippen LogP) is 1.54. The van der Waals surface area contributed by atoms with Gasteiger partial charge in [-0.05, 0) is 26.8 Å². The molecule has 1 N–H and O–H groups in total. The van der Waals surface area contributed by atoms with Crippen molar-refractivity contribution in [3.05, 3.63) is 17.2 Å². The lowest BCUT2D eigenvalue weighted by molar-refractivity contribution is 0.627. The second-order valence-corrected chi connectivity index (χ2v) is 3.43. The van der Waals surface area contributed by atoms with Crippen molar-refractivity contribution in [1.82, 2.24) is 14.9 Å².